The van der Waals surface area contributed by atoms with E-state index in [-0.39, 0.29) is 63.2 Å². The van der Waals surface area contributed by atoms with Gasteiger partial charge in [-0.25, -0.2) is 0 Å². The average Bonchev–Trinajstić information content (AvgIpc) is 2.15. The van der Waals surface area contributed by atoms with Crippen LogP contribution in [-0.2, 0) is 0 Å². The fourth-order valence-electron chi connectivity index (χ4n) is 1.08. The third-order valence-electron chi connectivity index (χ3n) is 1.77. The van der Waals surface area contributed by atoms with Crippen LogP contribution in [0.5, 0.6) is 0 Å². The van der Waals surface area contributed by atoms with E-state index in [0.717, 1.165) is 6.07 Å². The third-order valence-corrected chi connectivity index (χ3v) is 2.50. The second-order valence-electron chi connectivity index (χ2n) is 2.69. The van der Waals surface area contributed by atoms with Crippen LogP contribution >= 0.6 is 11.8 Å². The van der Waals surface area contributed by atoms with Crippen LogP contribution in [0.1, 0.15) is 10.4 Å². The molecule has 0 spiro atoms. The first-order chi connectivity index (χ1) is 6.49. The molecule has 0 saturated heterocycles. The van der Waals surface area contributed by atoms with Crippen molar-refractivity contribution in [2.24, 2.45) is 0 Å². The smallest absolute Gasteiger partial charge is 0.445 e. The zero-order valence-electron chi connectivity index (χ0n) is 8.34. The summed E-state index contributed by atoms with van der Waals surface area (Å²) in [5, 5.41) is 0. The minimum absolute atomic E-state index is 0. The predicted octanol–water partition coefficient (Wildman–Crippen LogP) is -0.721. The molecular formula is C8H7BF3KOS. The first-order valence-corrected chi connectivity index (χ1v) is 5.04. The molecule has 76 valence electrons. The summed E-state index contributed by atoms with van der Waals surface area (Å²) in [4.78, 5) is 11.1. The number of thioether (sulfide) groups is 1. The molecule has 0 atom stereocenters. The predicted molar refractivity (Wildman–Crippen MR) is 52.3 cm³/mol. The summed E-state index contributed by atoms with van der Waals surface area (Å²) >= 11 is 1.30. The summed E-state index contributed by atoms with van der Waals surface area (Å²) in [6.07, 6.45) is 1.98. The molecule has 7 heteroatoms. The van der Waals surface area contributed by atoms with E-state index in [9.17, 15) is 17.7 Å². The molecule has 1 nitrogen and oxygen atoms in total. The van der Waals surface area contributed by atoms with Crippen molar-refractivity contribution in [3.05, 3.63) is 23.8 Å². The standard InChI is InChI=1S/C8H7BF3OS.K/c1-14-7-2-3-8(9(10,11)12)6(4-7)5-13;/h2-5H,1H3;/q-1;+1. The van der Waals surface area contributed by atoms with Gasteiger partial charge in [0, 0.05) is 4.90 Å². The van der Waals surface area contributed by atoms with Gasteiger partial charge in [-0.2, -0.15) is 0 Å². The van der Waals surface area contributed by atoms with E-state index in [1.165, 1.54) is 23.9 Å². The maximum absolute atomic E-state index is 12.4. The van der Waals surface area contributed by atoms with Crippen LogP contribution in [0.15, 0.2) is 23.1 Å². The van der Waals surface area contributed by atoms with Crippen molar-refractivity contribution in [2.45, 2.75) is 4.90 Å². The normalized spacial score (nSPS) is 10.7. The molecule has 15 heavy (non-hydrogen) atoms. The summed E-state index contributed by atoms with van der Waals surface area (Å²) < 4.78 is 37.1. The summed E-state index contributed by atoms with van der Waals surface area (Å²) in [6, 6.07) is 3.57. The fourth-order valence-corrected chi connectivity index (χ4v) is 1.53. The molecule has 0 aliphatic heterocycles. The number of benzene rings is 1. The van der Waals surface area contributed by atoms with E-state index < -0.39 is 12.4 Å². The van der Waals surface area contributed by atoms with Crippen molar-refractivity contribution in [3.8, 4) is 0 Å². The second-order valence-corrected chi connectivity index (χ2v) is 3.57. The summed E-state index contributed by atoms with van der Waals surface area (Å²) in [5.74, 6) is 0. The van der Waals surface area contributed by atoms with Gasteiger partial charge >= 0.3 is 58.4 Å². The van der Waals surface area contributed by atoms with Crippen molar-refractivity contribution in [1.29, 1.82) is 0 Å². The Morgan fingerprint density at radius 2 is 1.93 bits per heavy atom. The second kappa shape index (κ2) is 6.46. The minimum atomic E-state index is -5.10. The molecule has 0 aliphatic rings. The van der Waals surface area contributed by atoms with Crippen molar-refractivity contribution in [3.63, 3.8) is 0 Å². The van der Waals surface area contributed by atoms with Gasteiger partial charge in [-0.05, 0) is 17.9 Å². The fraction of sp³-hybridized carbons (Fsp3) is 0.125. The molecule has 0 radical (unpaired) electrons. The molecule has 0 heterocycles. The molecule has 1 aromatic carbocycles. The van der Waals surface area contributed by atoms with E-state index in [4.69, 9.17) is 0 Å². The number of carbonyl (C=O) groups is 1. The Morgan fingerprint density at radius 3 is 2.33 bits per heavy atom. The zero-order chi connectivity index (χ0) is 10.8. The molecule has 0 bridgehead atoms. The average molecular weight is 258 g/mol. The minimum Gasteiger partial charge on any atom is -0.445 e. The van der Waals surface area contributed by atoms with Crippen LogP contribution in [0, 0.1) is 0 Å². The van der Waals surface area contributed by atoms with Gasteiger partial charge in [-0.15, -0.1) is 11.8 Å². The summed E-state index contributed by atoms with van der Waals surface area (Å²) in [5.41, 5.74) is -1.11. The summed E-state index contributed by atoms with van der Waals surface area (Å²) in [6.45, 7) is -5.10. The SMILES string of the molecule is CSc1ccc([B-](F)(F)F)c(C=O)c1.[K+]. The molecular weight excluding hydrogens is 251 g/mol. The molecule has 0 fully saturated rings. The first-order valence-electron chi connectivity index (χ1n) is 3.82. The Hall–Kier alpha value is 0.731. The monoisotopic (exact) mass is 258 g/mol. The van der Waals surface area contributed by atoms with Crippen molar-refractivity contribution in [2.75, 3.05) is 6.26 Å². The van der Waals surface area contributed by atoms with Crippen molar-refractivity contribution >= 4 is 30.5 Å². The van der Waals surface area contributed by atoms with E-state index in [2.05, 4.69) is 0 Å². The van der Waals surface area contributed by atoms with Crippen molar-refractivity contribution in [1.82, 2.24) is 0 Å². The van der Waals surface area contributed by atoms with E-state index in [1.54, 1.807) is 6.26 Å². The van der Waals surface area contributed by atoms with Crippen LogP contribution in [0.4, 0.5) is 12.9 Å². The Morgan fingerprint density at radius 1 is 1.33 bits per heavy atom. The first kappa shape index (κ1) is 15.7. The molecule has 0 saturated carbocycles. The van der Waals surface area contributed by atoms with Crippen LogP contribution < -0.4 is 56.8 Å². The van der Waals surface area contributed by atoms with Crippen LogP contribution in [-0.4, -0.2) is 19.5 Å². The molecule has 0 aromatic heterocycles. The van der Waals surface area contributed by atoms with E-state index >= 15 is 0 Å². The third kappa shape index (κ3) is 4.24. The van der Waals surface area contributed by atoms with Gasteiger partial charge in [0.15, 0.2) is 0 Å². The molecule has 0 amide bonds. The Balaban J connectivity index is 0.00000196. The Bertz CT molecular complexity index is 356. The maximum Gasteiger partial charge on any atom is 1.00 e. The Labute approximate surface area is 133 Å². The molecule has 0 N–H and O–H groups in total. The number of carbonyl (C=O) groups excluding carboxylic acids is 1. The largest absolute Gasteiger partial charge is 1.00 e. The maximum atomic E-state index is 12.4. The van der Waals surface area contributed by atoms with E-state index in [1.807, 2.05) is 0 Å². The van der Waals surface area contributed by atoms with Crippen LogP contribution in [0.3, 0.4) is 0 Å². The van der Waals surface area contributed by atoms with Crippen molar-refractivity contribution < 1.29 is 69.1 Å². The van der Waals surface area contributed by atoms with Gasteiger partial charge in [-0.3, -0.25) is 4.79 Å². The van der Waals surface area contributed by atoms with Gasteiger partial charge in [0.25, 0.3) is 0 Å². The summed E-state index contributed by atoms with van der Waals surface area (Å²) in [7, 11) is 0. The topological polar surface area (TPSA) is 17.1 Å². The Kier molecular flexibility index (Phi) is 6.78. The van der Waals surface area contributed by atoms with Crippen LogP contribution in [0.25, 0.3) is 0 Å². The van der Waals surface area contributed by atoms with Crippen LogP contribution in [0.2, 0.25) is 0 Å². The van der Waals surface area contributed by atoms with Gasteiger partial charge < -0.3 is 12.9 Å². The molecule has 1 rings (SSSR count). The number of aldehydes is 1. The van der Waals surface area contributed by atoms with E-state index in [0.29, 0.717) is 4.90 Å². The quantitative estimate of drug-likeness (QED) is 0.404. The number of halogens is 3. The number of rotatable bonds is 3. The van der Waals surface area contributed by atoms with Gasteiger partial charge in [0.2, 0.25) is 0 Å². The van der Waals surface area contributed by atoms with Gasteiger partial charge in [0.1, 0.15) is 6.29 Å². The molecule has 0 unspecified atom stereocenters. The molecule has 1 aromatic rings. The number of hydrogen-bond donors (Lipinski definition) is 0. The number of hydrogen-bond acceptors (Lipinski definition) is 2. The van der Waals surface area contributed by atoms with Gasteiger partial charge in [-0.1, -0.05) is 17.6 Å². The zero-order valence-corrected chi connectivity index (χ0v) is 12.3. The van der Waals surface area contributed by atoms with Gasteiger partial charge in [0.05, 0.1) is 0 Å². The molecule has 0 aliphatic carbocycles.